The lowest BCUT2D eigenvalue weighted by atomic mass is 10.1. The number of fused-ring (bicyclic) bond motifs is 3. The highest BCUT2D eigenvalue weighted by Gasteiger charge is 2.44. The van der Waals surface area contributed by atoms with E-state index in [0.717, 1.165) is 18.9 Å². The second kappa shape index (κ2) is 4.68. The number of rotatable bonds is 2. The van der Waals surface area contributed by atoms with Gasteiger partial charge in [-0.05, 0) is 31.0 Å². The number of aryl methyl sites for hydroxylation is 1. The van der Waals surface area contributed by atoms with Gasteiger partial charge in [0.05, 0.1) is 6.04 Å². The lowest BCUT2D eigenvalue weighted by Crippen LogP contribution is -2.47. The van der Waals surface area contributed by atoms with Crippen LogP contribution in [-0.2, 0) is 0 Å². The molecule has 2 unspecified atom stereocenters. The molecule has 1 aromatic carbocycles. The van der Waals surface area contributed by atoms with Crippen molar-refractivity contribution in [1.82, 2.24) is 19.6 Å². The summed E-state index contributed by atoms with van der Waals surface area (Å²) in [6, 6.07) is 11.8. The lowest BCUT2D eigenvalue weighted by Gasteiger charge is -2.37. The molecule has 2 atom stereocenters. The van der Waals surface area contributed by atoms with Gasteiger partial charge >= 0.3 is 0 Å². The van der Waals surface area contributed by atoms with Gasteiger partial charge in [-0.3, -0.25) is 0 Å². The highest BCUT2D eigenvalue weighted by Crippen LogP contribution is 2.38. The molecule has 0 spiro atoms. The zero-order valence-electron chi connectivity index (χ0n) is 13.0. The predicted octanol–water partition coefficient (Wildman–Crippen LogP) is 1.90. The number of para-hydroxylation sites is 1. The highest BCUT2D eigenvalue weighted by atomic mass is 15.4. The van der Waals surface area contributed by atoms with Crippen molar-refractivity contribution in [1.29, 1.82) is 0 Å². The van der Waals surface area contributed by atoms with Crippen LogP contribution in [0.3, 0.4) is 0 Å². The topological polar surface area (TPSA) is 49.6 Å². The number of nitrogens with zero attached hydrogens (tertiary/aromatic N) is 6. The molecule has 2 fully saturated rings. The van der Waals surface area contributed by atoms with Crippen molar-refractivity contribution in [3.8, 4) is 0 Å². The Kier molecular flexibility index (Phi) is 2.62. The Bertz CT molecular complexity index is 872. The van der Waals surface area contributed by atoms with Crippen LogP contribution in [0.1, 0.15) is 12.0 Å². The molecule has 0 aliphatic carbocycles. The van der Waals surface area contributed by atoms with Crippen molar-refractivity contribution in [2.45, 2.75) is 25.4 Å². The molecule has 0 radical (unpaired) electrons. The van der Waals surface area contributed by atoms with Gasteiger partial charge in [0.25, 0.3) is 5.78 Å². The van der Waals surface area contributed by atoms with Crippen LogP contribution < -0.4 is 9.80 Å². The first-order valence-corrected chi connectivity index (χ1v) is 8.05. The van der Waals surface area contributed by atoms with Gasteiger partial charge in [0.2, 0.25) is 0 Å². The second-order valence-corrected chi connectivity index (χ2v) is 6.41. The molecule has 116 valence electrons. The summed E-state index contributed by atoms with van der Waals surface area (Å²) < 4.78 is 1.85. The van der Waals surface area contributed by atoms with Gasteiger partial charge in [-0.2, -0.15) is 14.6 Å². The van der Waals surface area contributed by atoms with Gasteiger partial charge in [0.1, 0.15) is 12.1 Å². The van der Waals surface area contributed by atoms with Crippen molar-refractivity contribution in [3.05, 3.63) is 48.4 Å². The molecule has 0 saturated carbocycles. The molecular formula is C17H18N6. The summed E-state index contributed by atoms with van der Waals surface area (Å²) >= 11 is 0. The predicted molar refractivity (Wildman–Crippen MR) is 88.8 cm³/mol. The van der Waals surface area contributed by atoms with Crippen molar-refractivity contribution in [2.75, 3.05) is 22.9 Å². The summed E-state index contributed by atoms with van der Waals surface area (Å²) in [4.78, 5) is 13.5. The normalized spacial score (nSPS) is 23.2. The number of piperazine rings is 1. The van der Waals surface area contributed by atoms with E-state index < -0.39 is 0 Å². The molecule has 2 bridgehead atoms. The molecule has 3 aromatic rings. The van der Waals surface area contributed by atoms with Crippen LogP contribution in [0, 0.1) is 6.92 Å². The summed E-state index contributed by atoms with van der Waals surface area (Å²) in [7, 11) is 0. The van der Waals surface area contributed by atoms with E-state index in [4.69, 9.17) is 0 Å². The smallest absolute Gasteiger partial charge is 0.254 e. The average Bonchev–Trinajstić information content (AvgIpc) is 3.29. The molecule has 0 amide bonds. The fourth-order valence-corrected chi connectivity index (χ4v) is 4.07. The van der Waals surface area contributed by atoms with Crippen molar-refractivity contribution >= 4 is 17.3 Å². The maximum atomic E-state index is 4.33. The number of hydrogen-bond acceptors (Lipinski definition) is 5. The van der Waals surface area contributed by atoms with E-state index in [1.54, 1.807) is 6.33 Å². The molecule has 2 aliphatic rings. The Morgan fingerprint density at radius 3 is 2.65 bits per heavy atom. The molecule has 4 heterocycles. The number of anilines is 2. The first kappa shape index (κ1) is 12.9. The average molecular weight is 306 g/mol. The quantitative estimate of drug-likeness (QED) is 0.724. The van der Waals surface area contributed by atoms with E-state index in [1.807, 2.05) is 16.8 Å². The Labute approximate surface area is 134 Å². The van der Waals surface area contributed by atoms with E-state index in [2.05, 4.69) is 56.1 Å². The number of benzene rings is 1. The molecule has 6 heteroatoms. The molecular weight excluding hydrogens is 288 g/mol. The van der Waals surface area contributed by atoms with E-state index in [1.165, 1.54) is 17.7 Å². The van der Waals surface area contributed by atoms with E-state index in [-0.39, 0.29) is 0 Å². The molecule has 5 rings (SSSR count). The minimum Gasteiger partial charge on any atom is -0.364 e. The van der Waals surface area contributed by atoms with Gasteiger partial charge in [0, 0.05) is 31.0 Å². The third-order valence-corrected chi connectivity index (χ3v) is 5.12. The van der Waals surface area contributed by atoms with E-state index in [9.17, 15) is 0 Å². The first-order chi connectivity index (χ1) is 11.3. The van der Waals surface area contributed by atoms with Crippen LogP contribution in [-0.4, -0.2) is 44.8 Å². The first-order valence-electron chi connectivity index (χ1n) is 8.05. The maximum absolute atomic E-state index is 4.33. The Morgan fingerprint density at radius 2 is 1.83 bits per heavy atom. The number of hydrogen-bond donors (Lipinski definition) is 0. The Balaban J connectivity index is 1.47. The largest absolute Gasteiger partial charge is 0.364 e. The molecule has 6 nitrogen and oxygen atoms in total. The van der Waals surface area contributed by atoms with Gasteiger partial charge in [-0.25, -0.2) is 4.98 Å². The fraction of sp³-hybridized carbons (Fsp3) is 0.353. The summed E-state index contributed by atoms with van der Waals surface area (Å²) in [6.07, 6.45) is 4.59. The summed E-state index contributed by atoms with van der Waals surface area (Å²) in [5.41, 5.74) is 2.73. The third kappa shape index (κ3) is 1.84. The zero-order valence-corrected chi connectivity index (χ0v) is 13.0. The van der Waals surface area contributed by atoms with Crippen LogP contribution in [0.25, 0.3) is 5.78 Å². The van der Waals surface area contributed by atoms with Gasteiger partial charge in [-0.1, -0.05) is 18.2 Å². The van der Waals surface area contributed by atoms with Crippen molar-refractivity contribution in [3.63, 3.8) is 0 Å². The SMILES string of the molecule is Cc1ccccc1N1CC2CC1CN2c1ccnc2ncnn12. The van der Waals surface area contributed by atoms with Crippen molar-refractivity contribution in [2.24, 2.45) is 0 Å². The molecule has 2 aliphatic heterocycles. The van der Waals surface area contributed by atoms with Gasteiger partial charge < -0.3 is 9.80 Å². The second-order valence-electron chi connectivity index (χ2n) is 6.41. The summed E-state index contributed by atoms with van der Waals surface area (Å²) in [6.45, 7) is 4.28. The van der Waals surface area contributed by atoms with Crippen LogP contribution >= 0.6 is 0 Å². The molecule has 2 saturated heterocycles. The lowest BCUT2D eigenvalue weighted by molar-refractivity contribution is 0.631. The highest BCUT2D eigenvalue weighted by molar-refractivity contribution is 5.59. The minimum atomic E-state index is 0.523. The van der Waals surface area contributed by atoms with Gasteiger partial charge in [0.15, 0.2) is 0 Å². The summed E-state index contributed by atoms with van der Waals surface area (Å²) in [5, 5.41) is 4.33. The Hall–Kier alpha value is -2.63. The minimum absolute atomic E-state index is 0.523. The van der Waals surface area contributed by atoms with Crippen LogP contribution in [0.4, 0.5) is 11.5 Å². The van der Waals surface area contributed by atoms with Gasteiger partial charge in [-0.15, -0.1) is 0 Å². The monoisotopic (exact) mass is 306 g/mol. The molecule has 0 N–H and O–H groups in total. The summed E-state index contributed by atoms with van der Waals surface area (Å²) in [5.74, 6) is 1.77. The Morgan fingerprint density at radius 1 is 1.00 bits per heavy atom. The van der Waals surface area contributed by atoms with Crippen molar-refractivity contribution < 1.29 is 0 Å². The van der Waals surface area contributed by atoms with Crippen LogP contribution in [0.5, 0.6) is 0 Å². The van der Waals surface area contributed by atoms with E-state index >= 15 is 0 Å². The third-order valence-electron chi connectivity index (χ3n) is 5.12. The standard InChI is InChI=1S/C17H18N6/c1-12-4-2-3-5-15(12)21-9-14-8-13(21)10-22(14)16-6-7-18-17-19-11-20-23(16)17/h2-7,11,13-14H,8-10H2,1H3. The van der Waals surface area contributed by atoms with Crippen LogP contribution in [0.15, 0.2) is 42.9 Å². The van der Waals surface area contributed by atoms with E-state index in [0.29, 0.717) is 17.9 Å². The van der Waals surface area contributed by atoms with Crippen LogP contribution in [0.2, 0.25) is 0 Å². The fourth-order valence-electron chi connectivity index (χ4n) is 4.07. The zero-order chi connectivity index (χ0) is 15.4. The molecule has 23 heavy (non-hydrogen) atoms. The maximum Gasteiger partial charge on any atom is 0.254 e. The molecule has 2 aromatic heterocycles. The number of aromatic nitrogens is 4.